The quantitative estimate of drug-likeness (QED) is 0.749. The Hall–Kier alpha value is -2.02. The van der Waals surface area contributed by atoms with E-state index in [0.29, 0.717) is 5.96 Å². The van der Waals surface area contributed by atoms with Crippen LogP contribution < -0.4 is 16.4 Å². The van der Waals surface area contributed by atoms with Crippen LogP contribution in [0.5, 0.6) is 0 Å². The lowest BCUT2D eigenvalue weighted by atomic mass is 10.1. The molecule has 0 fully saturated rings. The van der Waals surface area contributed by atoms with E-state index in [9.17, 15) is 8.78 Å². The molecule has 1 atom stereocenters. The van der Waals surface area contributed by atoms with Crippen molar-refractivity contribution in [2.24, 2.45) is 15.7 Å². The summed E-state index contributed by atoms with van der Waals surface area (Å²) in [7, 11) is 0. The highest BCUT2D eigenvalue weighted by Gasteiger charge is 2.30. The second-order valence-electron chi connectivity index (χ2n) is 4.52. The Kier molecular flexibility index (Phi) is 3.48. The minimum Gasteiger partial charge on any atom is -0.317 e. The number of halogens is 2. The predicted octanol–water partition coefficient (Wildman–Crippen LogP) is 1.02. The number of hydrogen-bond donors (Lipinski definition) is 3. The maximum atomic E-state index is 13.2. The third-order valence-corrected chi connectivity index (χ3v) is 2.47. The Labute approximate surface area is 109 Å². The summed E-state index contributed by atoms with van der Waals surface area (Å²) in [6.07, 6.45) is 1.35. The summed E-state index contributed by atoms with van der Waals surface area (Å²) in [6, 6.07) is 3.08. The topological polar surface area (TPSA) is 74.8 Å². The van der Waals surface area contributed by atoms with Crippen LogP contribution in [0.15, 0.2) is 28.2 Å². The molecule has 7 heteroatoms. The molecular formula is C12H15F2N5. The second kappa shape index (κ2) is 4.93. The third-order valence-electron chi connectivity index (χ3n) is 2.47. The molecule has 2 rings (SSSR count). The van der Waals surface area contributed by atoms with E-state index in [1.165, 1.54) is 6.34 Å². The van der Waals surface area contributed by atoms with E-state index in [-0.39, 0.29) is 11.6 Å². The summed E-state index contributed by atoms with van der Waals surface area (Å²) in [5.74, 6) is -2.46. The molecule has 0 amide bonds. The lowest BCUT2D eigenvalue weighted by Crippen LogP contribution is -2.59. The van der Waals surface area contributed by atoms with Crippen molar-refractivity contribution in [1.29, 1.82) is 0 Å². The van der Waals surface area contributed by atoms with Gasteiger partial charge in [-0.05, 0) is 26.0 Å². The zero-order valence-electron chi connectivity index (χ0n) is 10.6. The average molecular weight is 267 g/mol. The largest absolute Gasteiger partial charge is 0.317 e. The molecule has 0 aliphatic carbocycles. The van der Waals surface area contributed by atoms with Crippen LogP contribution in [-0.2, 0) is 5.79 Å². The summed E-state index contributed by atoms with van der Waals surface area (Å²) in [6.45, 7) is 3.78. The maximum Gasteiger partial charge on any atom is 0.213 e. The Morgan fingerprint density at radius 2 is 1.89 bits per heavy atom. The lowest BCUT2D eigenvalue weighted by Gasteiger charge is -2.31. The number of benzene rings is 1. The molecule has 0 saturated heterocycles. The van der Waals surface area contributed by atoms with Gasteiger partial charge in [-0.2, -0.15) is 0 Å². The highest BCUT2D eigenvalue weighted by molar-refractivity contribution is 5.92. The normalized spacial score (nSPS) is 24.4. The van der Waals surface area contributed by atoms with E-state index in [0.717, 1.165) is 18.2 Å². The summed E-state index contributed by atoms with van der Waals surface area (Å²) < 4.78 is 26.5. The average Bonchev–Trinajstić information content (AvgIpc) is 2.26. The molecule has 1 aliphatic rings. The van der Waals surface area contributed by atoms with E-state index in [2.05, 4.69) is 20.6 Å². The van der Waals surface area contributed by atoms with Crippen molar-refractivity contribution >= 4 is 12.3 Å². The van der Waals surface area contributed by atoms with Crippen molar-refractivity contribution in [3.05, 3.63) is 35.4 Å². The van der Waals surface area contributed by atoms with Crippen molar-refractivity contribution in [3.8, 4) is 0 Å². The first kappa shape index (κ1) is 13.4. The molecule has 1 aromatic carbocycles. The molecule has 0 spiro atoms. The first-order valence-electron chi connectivity index (χ1n) is 5.81. The second-order valence-corrected chi connectivity index (χ2v) is 4.52. The van der Waals surface area contributed by atoms with Gasteiger partial charge in [0.25, 0.3) is 0 Å². The van der Waals surface area contributed by atoms with Gasteiger partial charge in [-0.1, -0.05) is 0 Å². The molecule has 19 heavy (non-hydrogen) atoms. The summed E-state index contributed by atoms with van der Waals surface area (Å²) in [5, 5.41) is 5.60. The molecule has 4 N–H and O–H groups in total. The Bertz CT molecular complexity index is 521. The van der Waals surface area contributed by atoms with E-state index in [1.807, 2.05) is 13.8 Å². The molecule has 0 saturated carbocycles. The fourth-order valence-corrected chi connectivity index (χ4v) is 1.69. The Morgan fingerprint density at radius 1 is 1.26 bits per heavy atom. The molecule has 1 heterocycles. The molecule has 5 nitrogen and oxygen atoms in total. The van der Waals surface area contributed by atoms with Crippen LogP contribution >= 0.6 is 0 Å². The smallest absolute Gasteiger partial charge is 0.213 e. The summed E-state index contributed by atoms with van der Waals surface area (Å²) in [4.78, 5) is 8.23. The first-order chi connectivity index (χ1) is 8.89. The lowest BCUT2D eigenvalue weighted by molar-refractivity contribution is 0.413. The van der Waals surface area contributed by atoms with Crippen LogP contribution in [0.2, 0.25) is 0 Å². The molecule has 0 bridgehead atoms. The van der Waals surface area contributed by atoms with Gasteiger partial charge in [0.1, 0.15) is 11.6 Å². The molecule has 102 valence electrons. The van der Waals surface area contributed by atoms with Crippen LogP contribution in [0.1, 0.15) is 19.4 Å². The summed E-state index contributed by atoms with van der Waals surface area (Å²) in [5.41, 5.74) is 6.20. The Morgan fingerprint density at radius 3 is 2.47 bits per heavy atom. The predicted molar refractivity (Wildman–Crippen MR) is 69.6 cm³/mol. The monoisotopic (exact) mass is 267 g/mol. The number of nitrogens with one attached hydrogen (secondary N) is 2. The van der Waals surface area contributed by atoms with E-state index in [4.69, 9.17) is 5.73 Å². The third kappa shape index (κ3) is 3.05. The van der Waals surface area contributed by atoms with Crippen LogP contribution in [0.25, 0.3) is 0 Å². The SMILES string of the molecule is CC(C)N=C1NC=NC(N)(c2cc(F)cc(F)c2)N1. The van der Waals surface area contributed by atoms with E-state index >= 15 is 0 Å². The van der Waals surface area contributed by atoms with Crippen LogP contribution in [0, 0.1) is 11.6 Å². The first-order valence-corrected chi connectivity index (χ1v) is 5.81. The van der Waals surface area contributed by atoms with Gasteiger partial charge in [0.05, 0.1) is 6.34 Å². The summed E-state index contributed by atoms with van der Waals surface area (Å²) >= 11 is 0. The van der Waals surface area contributed by atoms with E-state index in [1.54, 1.807) is 0 Å². The number of nitrogens with two attached hydrogens (primary N) is 1. The molecule has 0 radical (unpaired) electrons. The zero-order chi connectivity index (χ0) is 14.0. The van der Waals surface area contributed by atoms with Crippen LogP contribution in [0.4, 0.5) is 8.78 Å². The number of aliphatic imine (C=N–C) groups is 2. The fourth-order valence-electron chi connectivity index (χ4n) is 1.69. The minimum absolute atomic E-state index is 0.0370. The van der Waals surface area contributed by atoms with Gasteiger partial charge in [-0.3, -0.25) is 10.7 Å². The number of hydrogen-bond acceptors (Lipinski definition) is 3. The Balaban J connectivity index is 2.37. The standard InChI is InChI=1S/C12H15F2N5/c1-7(2)18-11-16-6-17-12(15,19-11)8-3-9(13)5-10(14)4-8/h3-7H,15H2,1-2H3,(H2,16,17,18,19). The minimum atomic E-state index is -1.44. The van der Waals surface area contributed by atoms with Crippen molar-refractivity contribution < 1.29 is 8.78 Å². The van der Waals surface area contributed by atoms with E-state index < -0.39 is 17.4 Å². The fraction of sp³-hybridized carbons (Fsp3) is 0.333. The molecule has 0 aromatic heterocycles. The molecule has 1 aromatic rings. The van der Waals surface area contributed by atoms with Gasteiger partial charge in [-0.15, -0.1) is 0 Å². The van der Waals surface area contributed by atoms with Crippen molar-refractivity contribution in [2.45, 2.75) is 25.7 Å². The van der Waals surface area contributed by atoms with Crippen molar-refractivity contribution in [3.63, 3.8) is 0 Å². The van der Waals surface area contributed by atoms with Crippen molar-refractivity contribution in [2.75, 3.05) is 0 Å². The molecule has 1 unspecified atom stereocenters. The van der Waals surface area contributed by atoms with Crippen LogP contribution in [0.3, 0.4) is 0 Å². The number of rotatable bonds is 2. The number of guanidine groups is 1. The highest BCUT2D eigenvalue weighted by atomic mass is 19.1. The van der Waals surface area contributed by atoms with Gasteiger partial charge >= 0.3 is 0 Å². The molecule has 1 aliphatic heterocycles. The molecular weight excluding hydrogens is 252 g/mol. The van der Waals surface area contributed by atoms with Gasteiger partial charge in [0.2, 0.25) is 5.79 Å². The highest BCUT2D eigenvalue weighted by Crippen LogP contribution is 2.20. The van der Waals surface area contributed by atoms with Crippen molar-refractivity contribution in [1.82, 2.24) is 10.6 Å². The van der Waals surface area contributed by atoms with Gasteiger partial charge in [0, 0.05) is 17.7 Å². The van der Waals surface area contributed by atoms with Crippen LogP contribution in [-0.4, -0.2) is 18.3 Å². The zero-order valence-corrected chi connectivity index (χ0v) is 10.6. The maximum absolute atomic E-state index is 13.2. The van der Waals surface area contributed by atoms with Gasteiger partial charge in [0.15, 0.2) is 5.96 Å². The van der Waals surface area contributed by atoms with Gasteiger partial charge < -0.3 is 10.6 Å². The van der Waals surface area contributed by atoms with Gasteiger partial charge in [-0.25, -0.2) is 13.8 Å². The number of nitrogens with zero attached hydrogens (tertiary/aromatic N) is 2.